The first-order chi connectivity index (χ1) is 10.1. The number of hydrogen-bond acceptors (Lipinski definition) is 3. The van der Waals surface area contributed by atoms with Crippen molar-refractivity contribution in [2.24, 2.45) is 0 Å². The first kappa shape index (κ1) is 12.4. The number of ether oxygens (including phenoxy) is 2. The number of H-pyrrole nitrogens is 1. The summed E-state index contributed by atoms with van der Waals surface area (Å²) < 4.78 is 26.7. The predicted molar refractivity (Wildman–Crippen MR) is 79.3 cm³/mol. The number of hydrogen-bond donors (Lipinski definition) is 1. The normalized spacial score (nSPS) is 13.0. The molecule has 1 aliphatic heterocycles. The van der Waals surface area contributed by atoms with Crippen molar-refractivity contribution in [3.05, 3.63) is 46.5 Å². The van der Waals surface area contributed by atoms with Gasteiger partial charge in [0, 0.05) is 6.07 Å². The average molecular weight is 302 g/mol. The van der Waals surface area contributed by atoms with Gasteiger partial charge in [-0.3, -0.25) is 4.57 Å². The molecule has 1 aliphatic rings. The maximum atomic E-state index is 13.7. The van der Waals surface area contributed by atoms with Crippen LogP contribution < -0.4 is 9.47 Å². The van der Waals surface area contributed by atoms with Gasteiger partial charge in [-0.25, -0.2) is 4.39 Å². The standard InChI is InChI=1S/C15H11FN2O2S/c1-8-4-12-11(6-10(8)16)17-15(21)18(12)9-2-3-13-14(5-9)20-7-19-13/h2-6H,7H2,1H3,(H,17,21). The molecular weight excluding hydrogens is 291 g/mol. The zero-order valence-electron chi connectivity index (χ0n) is 11.1. The summed E-state index contributed by atoms with van der Waals surface area (Å²) >= 11 is 5.36. The SMILES string of the molecule is Cc1cc2c(cc1F)[nH]c(=S)n2-c1ccc2c(c1)OCO2. The molecule has 2 aromatic carbocycles. The highest BCUT2D eigenvalue weighted by Gasteiger charge is 2.16. The molecule has 0 saturated carbocycles. The van der Waals surface area contributed by atoms with Crippen molar-refractivity contribution in [3.8, 4) is 17.2 Å². The van der Waals surface area contributed by atoms with Crippen LogP contribution >= 0.6 is 12.2 Å². The van der Waals surface area contributed by atoms with Crippen LogP contribution in [0.5, 0.6) is 11.5 Å². The van der Waals surface area contributed by atoms with Crippen molar-refractivity contribution in [2.75, 3.05) is 6.79 Å². The molecule has 1 aromatic heterocycles. The topological polar surface area (TPSA) is 39.2 Å². The molecule has 0 spiro atoms. The first-order valence-electron chi connectivity index (χ1n) is 6.44. The predicted octanol–water partition coefficient (Wildman–Crippen LogP) is 3.86. The molecule has 0 aliphatic carbocycles. The van der Waals surface area contributed by atoms with Gasteiger partial charge >= 0.3 is 0 Å². The minimum absolute atomic E-state index is 0.225. The van der Waals surface area contributed by atoms with Crippen molar-refractivity contribution in [1.82, 2.24) is 9.55 Å². The van der Waals surface area contributed by atoms with Gasteiger partial charge in [0.2, 0.25) is 6.79 Å². The fourth-order valence-corrected chi connectivity index (χ4v) is 2.83. The molecule has 0 atom stereocenters. The minimum Gasteiger partial charge on any atom is -0.454 e. The second-order valence-corrected chi connectivity index (χ2v) is 5.31. The van der Waals surface area contributed by atoms with E-state index in [1.807, 2.05) is 22.8 Å². The Morgan fingerprint density at radius 2 is 2.00 bits per heavy atom. The lowest BCUT2D eigenvalue weighted by Crippen LogP contribution is -1.95. The third-order valence-corrected chi connectivity index (χ3v) is 3.86. The van der Waals surface area contributed by atoms with Crippen LogP contribution in [0.3, 0.4) is 0 Å². The fraction of sp³-hybridized carbons (Fsp3) is 0.133. The highest BCUT2D eigenvalue weighted by atomic mass is 32.1. The Morgan fingerprint density at radius 3 is 2.86 bits per heavy atom. The third-order valence-electron chi connectivity index (χ3n) is 3.58. The van der Waals surface area contributed by atoms with Crippen molar-refractivity contribution < 1.29 is 13.9 Å². The molecule has 1 N–H and O–H groups in total. The number of nitrogens with one attached hydrogen (secondary N) is 1. The number of imidazole rings is 1. The molecule has 0 fully saturated rings. The molecule has 0 radical (unpaired) electrons. The van der Waals surface area contributed by atoms with Crippen molar-refractivity contribution in [2.45, 2.75) is 6.92 Å². The smallest absolute Gasteiger partial charge is 0.231 e. The van der Waals surface area contributed by atoms with Gasteiger partial charge in [-0.2, -0.15) is 0 Å². The van der Waals surface area contributed by atoms with Crippen LogP contribution in [-0.2, 0) is 0 Å². The number of benzene rings is 2. The van der Waals surface area contributed by atoms with E-state index in [1.54, 1.807) is 13.0 Å². The Kier molecular flexibility index (Phi) is 2.56. The largest absolute Gasteiger partial charge is 0.454 e. The van der Waals surface area contributed by atoms with Crippen LogP contribution in [0, 0.1) is 17.5 Å². The van der Waals surface area contributed by atoms with Crippen LogP contribution in [0.25, 0.3) is 16.7 Å². The molecule has 0 amide bonds. The fourth-order valence-electron chi connectivity index (χ4n) is 2.51. The van der Waals surface area contributed by atoms with Gasteiger partial charge in [0.05, 0.1) is 16.7 Å². The first-order valence-corrected chi connectivity index (χ1v) is 6.85. The quantitative estimate of drug-likeness (QED) is 0.694. The van der Waals surface area contributed by atoms with Crippen LogP contribution in [0.2, 0.25) is 0 Å². The highest BCUT2D eigenvalue weighted by Crippen LogP contribution is 2.34. The van der Waals surface area contributed by atoms with Crippen molar-refractivity contribution in [1.29, 1.82) is 0 Å². The molecule has 21 heavy (non-hydrogen) atoms. The molecular formula is C15H11FN2O2S. The summed E-state index contributed by atoms with van der Waals surface area (Å²) in [6.07, 6.45) is 0. The summed E-state index contributed by atoms with van der Waals surface area (Å²) in [5.41, 5.74) is 2.92. The van der Waals surface area contributed by atoms with E-state index in [0.717, 1.165) is 11.2 Å². The van der Waals surface area contributed by atoms with Gasteiger partial charge in [0.15, 0.2) is 16.3 Å². The van der Waals surface area contributed by atoms with Gasteiger partial charge in [-0.15, -0.1) is 0 Å². The van der Waals surface area contributed by atoms with Crippen molar-refractivity contribution >= 4 is 23.3 Å². The van der Waals surface area contributed by atoms with E-state index >= 15 is 0 Å². The monoisotopic (exact) mass is 302 g/mol. The number of fused-ring (bicyclic) bond motifs is 2. The van der Waals surface area contributed by atoms with Gasteiger partial charge in [0.1, 0.15) is 5.82 Å². The minimum atomic E-state index is -0.253. The lowest BCUT2D eigenvalue weighted by atomic mass is 10.2. The summed E-state index contributed by atoms with van der Waals surface area (Å²) in [4.78, 5) is 3.03. The second-order valence-electron chi connectivity index (χ2n) is 4.92. The maximum absolute atomic E-state index is 13.7. The summed E-state index contributed by atoms with van der Waals surface area (Å²) in [5, 5.41) is 0. The van der Waals surface area contributed by atoms with Gasteiger partial charge in [-0.05, 0) is 49.0 Å². The zero-order valence-corrected chi connectivity index (χ0v) is 12.0. The molecule has 0 unspecified atom stereocenters. The lowest BCUT2D eigenvalue weighted by Gasteiger charge is -2.06. The van der Waals surface area contributed by atoms with Crippen LogP contribution in [-0.4, -0.2) is 16.3 Å². The van der Waals surface area contributed by atoms with E-state index in [4.69, 9.17) is 21.7 Å². The van der Waals surface area contributed by atoms with Crippen LogP contribution in [0.4, 0.5) is 4.39 Å². The van der Waals surface area contributed by atoms with E-state index in [9.17, 15) is 4.39 Å². The number of rotatable bonds is 1. The second kappa shape index (κ2) is 4.33. The van der Waals surface area contributed by atoms with Crippen LogP contribution in [0.15, 0.2) is 30.3 Å². The Labute approximate surface area is 124 Å². The Bertz CT molecular complexity index is 929. The number of aryl methyl sites for hydroxylation is 1. The molecule has 106 valence electrons. The Morgan fingerprint density at radius 1 is 1.19 bits per heavy atom. The molecule has 0 bridgehead atoms. The van der Waals surface area contributed by atoms with E-state index in [0.29, 0.717) is 27.4 Å². The zero-order chi connectivity index (χ0) is 14.6. The maximum Gasteiger partial charge on any atom is 0.231 e. The molecule has 4 nitrogen and oxygen atoms in total. The van der Waals surface area contributed by atoms with E-state index in [2.05, 4.69) is 4.98 Å². The number of aromatic nitrogens is 2. The van der Waals surface area contributed by atoms with Crippen LogP contribution in [0.1, 0.15) is 5.56 Å². The number of aromatic amines is 1. The number of halogens is 1. The van der Waals surface area contributed by atoms with Gasteiger partial charge < -0.3 is 14.5 Å². The summed E-state index contributed by atoms with van der Waals surface area (Å²) in [5.74, 6) is 1.14. The van der Waals surface area contributed by atoms with E-state index in [-0.39, 0.29) is 12.6 Å². The van der Waals surface area contributed by atoms with E-state index in [1.165, 1.54) is 6.07 Å². The summed E-state index contributed by atoms with van der Waals surface area (Å²) in [6, 6.07) is 8.85. The van der Waals surface area contributed by atoms with Gasteiger partial charge in [0.25, 0.3) is 0 Å². The summed E-state index contributed by atoms with van der Waals surface area (Å²) in [6.45, 7) is 1.96. The Balaban J connectivity index is 2.00. The molecule has 4 rings (SSSR count). The molecule has 2 heterocycles. The van der Waals surface area contributed by atoms with Gasteiger partial charge in [-0.1, -0.05) is 0 Å². The summed E-state index contributed by atoms with van der Waals surface area (Å²) in [7, 11) is 0. The molecule has 6 heteroatoms. The molecule has 0 saturated heterocycles. The number of nitrogens with zero attached hydrogens (tertiary/aromatic N) is 1. The lowest BCUT2D eigenvalue weighted by molar-refractivity contribution is 0.174. The van der Waals surface area contributed by atoms with Crippen molar-refractivity contribution in [3.63, 3.8) is 0 Å². The highest BCUT2D eigenvalue weighted by molar-refractivity contribution is 7.71. The average Bonchev–Trinajstić information content (AvgIpc) is 3.02. The Hall–Kier alpha value is -2.34. The van der Waals surface area contributed by atoms with E-state index < -0.39 is 0 Å². The third kappa shape index (κ3) is 1.83. The molecule has 3 aromatic rings.